The molecule has 6 heteroatoms. The first-order valence-corrected chi connectivity index (χ1v) is 6.86. The third-order valence-corrected chi connectivity index (χ3v) is 3.50. The molecule has 0 heterocycles. The predicted octanol–water partition coefficient (Wildman–Crippen LogP) is 4.97. The van der Waals surface area contributed by atoms with Crippen LogP contribution in [0.5, 0.6) is 5.75 Å². The molecular formula is C16H25ClF3NO. The molecule has 0 aliphatic rings. The Morgan fingerprint density at radius 1 is 0.955 bits per heavy atom. The lowest BCUT2D eigenvalue weighted by Crippen LogP contribution is -2.30. The monoisotopic (exact) mass is 339 g/mol. The minimum Gasteiger partial charge on any atom is -0.507 e. The maximum Gasteiger partial charge on any atom is 0.407 e. The molecule has 128 valence electrons. The summed E-state index contributed by atoms with van der Waals surface area (Å²) in [5.41, 5.74) is 5.43. The quantitative estimate of drug-likeness (QED) is 0.758. The summed E-state index contributed by atoms with van der Waals surface area (Å²) in [5, 5.41) is 10.3. The summed E-state index contributed by atoms with van der Waals surface area (Å²) in [6, 6.07) is 0.936. The molecule has 0 fully saturated rings. The number of nitrogens with two attached hydrogens (primary N) is 1. The molecule has 1 atom stereocenters. The fourth-order valence-electron chi connectivity index (χ4n) is 2.08. The number of alkyl halides is 3. The first kappa shape index (κ1) is 21.1. The van der Waals surface area contributed by atoms with E-state index in [4.69, 9.17) is 5.73 Å². The van der Waals surface area contributed by atoms with Gasteiger partial charge in [0.15, 0.2) is 0 Å². The highest BCUT2D eigenvalue weighted by Crippen LogP contribution is 2.42. The molecule has 3 N–H and O–H groups in total. The van der Waals surface area contributed by atoms with E-state index in [0.29, 0.717) is 5.56 Å². The number of phenolic OH excluding ortho intramolecular Hbond substituents is 1. The molecule has 0 amide bonds. The van der Waals surface area contributed by atoms with Crippen molar-refractivity contribution in [1.29, 1.82) is 0 Å². The molecule has 1 aromatic rings. The van der Waals surface area contributed by atoms with Crippen LogP contribution in [0.25, 0.3) is 0 Å². The molecule has 22 heavy (non-hydrogen) atoms. The van der Waals surface area contributed by atoms with E-state index < -0.39 is 17.6 Å². The van der Waals surface area contributed by atoms with Crippen molar-refractivity contribution < 1.29 is 18.3 Å². The summed E-state index contributed by atoms with van der Waals surface area (Å²) in [7, 11) is 0. The Hall–Kier alpha value is -0.940. The molecular weight excluding hydrogens is 315 g/mol. The van der Waals surface area contributed by atoms with Crippen LogP contribution >= 0.6 is 12.4 Å². The van der Waals surface area contributed by atoms with Crippen LogP contribution in [0.1, 0.15) is 64.3 Å². The van der Waals surface area contributed by atoms with Crippen LogP contribution in [0.4, 0.5) is 13.2 Å². The Morgan fingerprint density at radius 3 is 1.73 bits per heavy atom. The number of benzene rings is 1. The number of phenols is 1. The van der Waals surface area contributed by atoms with Gasteiger partial charge in [0.1, 0.15) is 11.8 Å². The number of hydrogen-bond acceptors (Lipinski definition) is 2. The molecule has 1 aromatic carbocycles. The van der Waals surface area contributed by atoms with Crippen LogP contribution in [0.2, 0.25) is 0 Å². The average molecular weight is 340 g/mol. The second kappa shape index (κ2) is 6.28. The van der Waals surface area contributed by atoms with Gasteiger partial charge >= 0.3 is 6.18 Å². The maximum atomic E-state index is 12.9. The normalized spacial score (nSPS) is 14.5. The number of halogens is 4. The number of hydrogen-bond donors (Lipinski definition) is 2. The molecule has 1 rings (SSSR count). The van der Waals surface area contributed by atoms with Crippen molar-refractivity contribution in [3.05, 3.63) is 28.8 Å². The predicted molar refractivity (Wildman–Crippen MR) is 85.7 cm³/mol. The highest BCUT2D eigenvalue weighted by atomic mass is 35.5. The fraction of sp³-hybridized carbons (Fsp3) is 0.625. The molecule has 0 aliphatic heterocycles. The largest absolute Gasteiger partial charge is 0.507 e. The second-order valence-corrected chi connectivity index (χ2v) is 7.48. The summed E-state index contributed by atoms with van der Waals surface area (Å²) >= 11 is 0. The topological polar surface area (TPSA) is 46.2 Å². The molecule has 0 aromatic heterocycles. The molecule has 0 radical (unpaired) electrons. The first-order valence-electron chi connectivity index (χ1n) is 6.86. The molecule has 0 saturated carbocycles. The van der Waals surface area contributed by atoms with Crippen molar-refractivity contribution >= 4 is 12.4 Å². The minimum absolute atomic E-state index is 0. The molecule has 2 nitrogen and oxygen atoms in total. The Kier molecular flexibility index (Phi) is 6.01. The van der Waals surface area contributed by atoms with E-state index in [9.17, 15) is 18.3 Å². The smallest absolute Gasteiger partial charge is 0.407 e. The highest BCUT2D eigenvalue weighted by Gasteiger charge is 2.40. The second-order valence-electron chi connectivity index (χ2n) is 7.48. The Morgan fingerprint density at radius 2 is 1.41 bits per heavy atom. The average Bonchev–Trinajstić information content (AvgIpc) is 2.23. The first-order chi connectivity index (χ1) is 9.15. The van der Waals surface area contributed by atoms with Gasteiger partial charge in [-0.05, 0) is 28.0 Å². The van der Waals surface area contributed by atoms with E-state index in [0.717, 1.165) is 5.56 Å². The van der Waals surface area contributed by atoms with Gasteiger partial charge in [-0.2, -0.15) is 13.2 Å². The standard InChI is InChI=1S/C16H24F3NO.ClH/c1-14(2,3)9-7-10(13(20)16(17,18)19)12(21)11(8-9)15(4,5)6;/h7-8,13,21H,20H2,1-6H3;1H/t13-;/m1./s1. The summed E-state index contributed by atoms with van der Waals surface area (Å²) < 4.78 is 38.8. The molecule has 0 bridgehead atoms. The van der Waals surface area contributed by atoms with Gasteiger partial charge in [-0.3, -0.25) is 0 Å². The molecule has 0 unspecified atom stereocenters. The van der Waals surface area contributed by atoms with Gasteiger partial charge in [-0.1, -0.05) is 47.6 Å². The minimum atomic E-state index is -4.59. The molecule has 0 spiro atoms. The summed E-state index contributed by atoms with van der Waals surface area (Å²) in [4.78, 5) is 0. The summed E-state index contributed by atoms with van der Waals surface area (Å²) in [6.45, 7) is 11.3. The van der Waals surface area contributed by atoms with Gasteiger partial charge in [0.25, 0.3) is 0 Å². The maximum absolute atomic E-state index is 12.9. The van der Waals surface area contributed by atoms with Crippen molar-refractivity contribution in [3.63, 3.8) is 0 Å². The summed E-state index contributed by atoms with van der Waals surface area (Å²) in [6.07, 6.45) is -4.59. The van der Waals surface area contributed by atoms with Crippen molar-refractivity contribution in [2.24, 2.45) is 5.73 Å². The Balaban J connectivity index is 0.00000441. The lowest BCUT2D eigenvalue weighted by Gasteiger charge is -2.29. The van der Waals surface area contributed by atoms with Gasteiger partial charge in [0, 0.05) is 5.56 Å². The lowest BCUT2D eigenvalue weighted by molar-refractivity contribution is -0.149. The van der Waals surface area contributed by atoms with Crippen LogP contribution in [-0.4, -0.2) is 11.3 Å². The van der Waals surface area contributed by atoms with Gasteiger partial charge in [0.2, 0.25) is 0 Å². The van der Waals surface area contributed by atoms with Crippen LogP contribution in [0.15, 0.2) is 12.1 Å². The third-order valence-electron chi connectivity index (χ3n) is 3.50. The van der Waals surface area contributed by atoms with E-state index in [1.54, 1.807) is 6.07 Å². The van der Waals surface area contributed by atoms with Crippen LogP contribution in [0, 0.1) is 0 Å². The zero-order valence-electron chi connectivity index (χ0n) is 13.8. The van der Waals surface area contributed by atoms with Crippen molar-refractivity contribution in [3.8, 4) is 5.75 Å². The molecule has 0 saturated heterocycles. The van der Waals surface area contributed by atoms with Crippen LogP contribution in [0.3, 0.4) is 0 Å². The number of rotatable bonds is 1. The highest BCUT2D eigenvalue weighted by molar-refractivity contribution is 5.85. The van der Waals surface area contributed by atoms with Crippen LogP contribution < -0.4 is 5.73 Å². The van der Waals surface area contributed by atoms with E-state index >= 15 is 0 Å². The van der Waals surface area contributed by atoms with Gasteiger partial charge in [-0.15, -0.1) is 12.4 Å². The van der Waals surface area contributed by atoms with Crippen molar-refractivity contribution in [2.75, 3.05) is 0 Å². The van der Waals surface area contributed by atoms with Crippen molar-refractivity contribution in [2.45, 2.75) is 64.6 Å². The van der Waals surface area contributed by atoms with E-state index in [-0.39, 0.29) is 29.1 Å². The Bertz CT molecular complexity index is 528. The van der Waals surface area contributed by atoms with E-state index in [2.05, 4.69) is 0 Å². The van der Waals surface area contributed by atoms with E-state index in [1.807, 2.05) is 41.5 Å². The van der Waals surface area contributed by atoms with Gasteiger partial charge in [0.05, 0.1) is 0 Å². The third kappa shape index (κ3) is 4.53. The SMILES string of the molecule is CC(C)(C)c1cc([C@@H](N)C(F)(F)F)c(O)c(C(C)(C)C)c1.Cl. The zero-order chi connectivity index (χ0) is 16.8. The van der Waals surface area contributed by atoms with Crippen molar-refractivity contribution in [1.82, 2.24) is 0 Å². The van der Waals surface area contributed by atoms with Crippen LogP contribution in [-0.2, 0) is 10.8 Å². The zero-order valence-corrected chi connectivity index (χ0v) is 14.6. The van der Waals surface area contributed by atoms with Gasteiger partial charge < -0.3 is 10.8 Å². The summed E-state index contributed by atoms with van der Waals surface area (Å²) in [5.74, 6) is -0.361. The Labute approximate surface area is 136 Å². The number of aromatic hydroxyl groups is 1. The van der Waals surface area contributed by atoms with Gasteiger partial charge in [-0.25, -0.2) is 0 Å². The fourth-order valence-corrected chi connectivity index (χ4v) is 2.08. The molecule has 0 aliphatic carbocycles. The lowest BCUT2D eigenvalue weighted by atomic mass is 9.78. The van der Waals surface area contributed by atoms with E-state index in [1.165, 1.54) is 6.07 Å².